The van der Waals surface area contributed by atoms with E-state index < -0.39 is 18.2 Å². The zero-order valence-electron chi connectivity index (χ0n) is 11.4. The van der Waals surface area contributed by atoms with Crippen molar-refractivity contribution in [3.05, 3.63) is 0 Å². The van der Waals surface area contributed by atoms with Crippen molar-refractivity contribution in [1.82, 2.24) is 10.2 Å². The van der Waals surface area contributed by atoms with Crippen molar-refractivity contribution in [2.45, 2.75) is 37.9 Å². The maximum Gasteiger partial charge on any atom is 0.317 e. The van der Waals surface area contributed by atoms with Crippen molar-refractivity contribution in [2.75, 3.05) is 19.6 Å². The summed E-state index contributed by atoms with van der Waals surface area (Å²) in [6, 6.07) is -0.352. The Morgan fingerprint density at radius 2 is 1.70 bits per heavy atom. The first-order valence-electron chi connectivity index (χ1n) is 7.10. The maximum absolute atomic E-state index is 11.9. The van der Waals surface area contributed by atoms with Crippen molar-refractivity contribution < 1.29 is 24.9 Å². The van der Waals surface area contributed by atoms with Crippen LogP contribution >= 0.6 is 0 Å². The molecule has 2 rings (SSSR count). The molecule has 0 aromatic heterocycles. The highest BCUT2D eigenvalue weighted by molar-refractivity contribution is 5.75. The predicted molar refractivity (Wildman–Crippen MR) is 70.1 cm³/mol. The SMILES string of the molecule is O=C(O)C1CCCCC1CNC(=O)N1CC(O)C(O)C1. The van der Waals surface area contributed by atoms with Gasteiger partial charge in [-0.3, -0.25) is 4.79 Å². The third-order valence-electron chi connectivity index (χ3n) is 4.29. The monoisotopic (exact) mass is 286 g/mol. The lowest BCUT2D eigenvalue weighted by molar-refractivity contribution is -0.144. The average Bonchev–Trinajstić information content (AvgIpc) is 2.76. The molecule has 1 saturated heterocycles. The third-order valence-corrected chi connectivity index (χ3v) is 4.29. The Morgan fingerprint density at radius 1 is 1.10 bits per heavy atom. The molecular weight excluding hydrogens is 264 g/mol. The van der Waals surface area contributed by atoms with Gasteiger partial charge in [-0.1, -0.05) is 12.8 Å². The van der Waals surface area contributed by atoms with Gasteiger partial charge in [0.15, 0.2) is 0 Å². The molecule has 4 atom stereocenters. The van der Waals surface area contributed by atoms with Gasteiger partial charge in [0.25, 0.3) is 0 Å². The zero-order valence-corrected chi connectivity index (χ0v) is 11.4. The molecule has 7 heteroatoms. The van der Waals surface area contributed by atoms with Crippen LogP contribution in [0.25, 0.3) is 0 Å². The van der Waals surface area contributed by atoms with E-state index in [1.807, 2.05) is 0 Å². The van der Waals surface area contributed by atoms with E-state index in [0.29, 0.717) is 13.0 Å². The first kappa shape index (κ1) is 15.1. The van der Waals surface area contributed by atoms with E-state index >= 15 is 0 Å². The fraction of sp³-hybridized carbons (Fsp3) is 0.846. The number of urea groups is 1. The van der Waals surface area contributed by atoms with E-state index in [4.69, 9.17) is 5.11 Å². The van der Waals surface area contributed by atoms with Crippen LogP contribution in [0, 0.1) is 11.8 Å². The van der Waals surface area contributed by atoms with Gasteiger partial charge in [0.1, 0.15) is 0 Å². The number of carboxylic acids is 1. The summed E-state index contributed by atoms with van der Waals surface area (Å²) in [5, 5.41) is 30.7. The lowest BCUT2D eigenvalue weighted by Crippen LogP contribution is -2.43. The average molecular weight is 286 g/mol. The minimum Gasteiger partial charge on any atom is -0.481 e. The van der Waals surface area contributed by atoms with Crippen molar-refractivity contribution in [3.63, 3.8) is 0 Å². The predicted octanol–water partition coefficient (Wildman–Crippen LogP) is -0.376. The van der Waals surface area contributed by atoms with E-state index in [9.17, 15) is 19.8 Å². The maximum atomic E-state index is 11.9. The molecular formula is C13H22N2O5. The lowest BCUT2D eigenvalue weighted by atomic mass is 9.79. The molecule has 4 unspecified atom stereocenters. The molecule has 7 nitrogen and oxygen atoms in total. The summed E-state index contributed by atoms with van der Waals surface area (Å²) in [6.07, 6.45) is 1.58. The Morgan fingerprint density at radius 3 is 2.30 bits per heavy atom. The fourth-order valence-corrected chi connectivity index (χ4v) is 3.04. The number of carbonyl (C=O) groups is 2. The number of hydrogen-bond donors (Lipinski definition) is 4. The summed E-state index contributed by atoms with van der Waals surface area (Å²) in [4.78, 5) is 24.4. The molecule has 0 aromatic carbocycles. The zero-order chi connectivity index (χ0) is 14.7. The summed E-state index contributed by atoms with van der Waals surface area (Å²) >= 11 is 0. The Balaban J connectivity index is 1.82. The van der Waals surface area contributed by atoms with Crippen LogP contribution in [0.2, 0.25) is 0 Å². The largest absolute Gasteiger partial charge is 0.481 e. The van der Waals surface area contributed by atoms with Crippen LogP contribution < -0.4 is 5.32 Å². The highest BCUT2D eigenvalue weighted by atomic mass is 16.4. The quantitative estimate of drug-likeness (QED) is 0.565. The Labute approximate surface area is 117 Å². The summed E-state index contributed by atoms with van der Waals surface area (Å²) in [5.74, 6) is -1.22. The number of nitrogens with zero attached hydrogens (tertiary/aromatic N) is 1. The molecule has 2 fully saturated rings. The summed E-state index contributed by atoms with van der Waals surface area (Å²) in [6.45, 7) is 0.554. The number of aliphatic hydroxyl groups is 2. The summed E-state index contributed by atoms with van der Waals surface area (Å²) in [7, 11) is 0. The van der Waals surface area contributed by atoms with Crippen LogP contribution in [0.3, 0.4) is 0 Å². The van der Waals surface area contributed by atoms with Crippen LogP contribution in [0.15, 0.2) is 0 Å². The topological polar surface area (TPSA) is 110 Å². The van der Waals surface area contributed by atoms with Crippen LogP contribution in [-0.2, 0) is 4.79 Å². The van der Waals surface area contributed by atoms with E-state index in [2.05, 4.69) is 5.32 Å². The van der Waals surface area contributed by atoms with Crippen molar-refractivity contribution in [2.24, 2.45) is 11.8 Å². The number of amides is 2. The minimum absolute atomic E-state index is 0.0392. The molecule has 0 bridgehead atoms. The number of nitrogens with one attached hydrogen (secondary N) is 1. The van der Waals surface area contributed by atoms with Crippen molar-refractivity contribution >= 4 is 12.0 Å². The van der Waals surface area contributed by atoms with Crippen LogP contribution in [0.1, 0.15) is 25.7 Å². The van der Waals surface area contributed by atoms with Gasteiger partial charge in [-0.2, -0.15) is 0 Å². The second-order valence-corrected chi connectivity index (χ2v) is 5.71. The molecule has 1 saturated carbocycles. The Kier molecular flexibility index (Phi) is 4.82. The number of β-amino-alcohol motifs (C(OH)–C–C–N with tert-alkyl or cyclic N) is 2. The molecule has 0 radical (unpaired) electrons. The highest BCUT2D eigenvalue weighted by Crippen LogP contribution is 2.29. The standard InChI is InChI=1S/C13H22N2O5/c16-10-6-15(7-11(10)17)13(20)14-5-8-3-1-2-4-9(8)12(18)19/h8-11,16-17H,1-7H2,(H,14,20)(H,18,19). The second-order valence-electron chi connectivity index (χ2n) is 5.71. The molecule has 1 aliphatic carbocycles. The highest BCUT2D eigenvalue weighted by Gasteiger charge is 2.34. The second kappa shape index (κ2) is 6.41. The Bertz CT molecular complexity index is 366. The van der Waals surface area contributed by atoms with Gasteiger partial charge >= 0.3 is 12.0 Å². The minimum atomic E-state index is -0.901. The summed E-state index contributed by atoms with van der Waals surface area (Å²) < 4.78 is 0. The number of aliphatic carboxylic acids is 1. The summed E-state index contributed by atoms with van der Waals surface area (Å²) in [5.41, 5.74) is 0. The Hall–Kier alpha value is -1.34. The fourth-order valence-electron chi connectivity index (χ4n) is 3.04. The molecule has 4 N–H and O–H groups in total. The normalized spacial score (nSPS) is 34.0. The first-order valence-corrected chi connectivity index (χ1v) is 7.10. The number of carbonyl (C=O) groups excluding carboxylic acids is 1. The number of rotatable bonds is 3. The molecule has 1 aliphatic heterocycles. The van der Waals surface area contributed by atoms with Gasteiger partial charge in [0.05, 0.1) is 31.2 Å². The lowest BCUT2D eigenvalue weighted by Gasteiger charge is -2.29. The van der Waals surface area contributed by atoms with Crippen molar-refractivity contribution in [3.8, 4) is 0 Å². The van der Waals surface area contributed by atoms with E-state index in [1.54, 1.807) is 0 Å². The van der Waals surface area contributed by atoms with Gasteiger partial charge in [-0.15, -0.1) is 0 Å². The van der Waals surface area contributed by atoms with Gasteiger partial charge in [0, 0.05) is 6.54 Å². The third kappa shape index (κ3) is 3.40. The molecule has 114 valence electrons. The van der Waals surface area contributed by atoms with Gasteiger partial charge < -0.3 is 25.5 Å². The van der Waals surface area contributed by atoms with Crippen LogP contribution in [-0.4, -0.2) is 64.1 Å². The molecule has 20 heavy (non-hydrogen) atoms. The van der Waals surface area contributed by atoms with E-state index in [0.717, 1.165) is 19.3 Å². The molecule has 2 amide bonds. The van der Waals surface area contributed by atoms with Crippen LogP contribution in [0.4, 0.5) is 4.79 Å². The number of likely N-dealkylation sites (tertiary alicyclic amines) is 1. The van der Waals surface area contributed by atoms with Gasteiger partial charge in [0.2, 0.25) is 0 Å². The van der Waals surface area contributed by atoms with Gasteiger partial charge in [-0.05, 0) is 18.8 Å². The van der Waals surface area contributed by atoms with Crippen LogP contribution in [0.5, 0.6) is 0 Å². The first-order chi connectivity index (χ1) is 9.49. The number of aliphatic hydroxyl groups excluding tert-OH is 2. The van der Waals surface area contributed by atoms with E-state index in [-0.39, 0.29) is 31.0 Å². The van der Waals surface area contributed by atoms with E-state index in [1.165, 1.54) is 4.90 Å². The molecule has 1 heterocycles. The van der Waals surface area contributed by atoms with Gasteiger partial charge in [-0.25, -0.2) is 4.79 Å². The number of hydrogen-bond acceptors (Lipinski definition) is 4. The molecule has 0 spiro atoms. The number of carboxylic acid groups (broad SMARTS) is 1. The molecule has 2 aliphatic rings. The smallest absolute Gasteiger partial charge is 0.317 e. The molecule has 0 aromatic rings. The van der Waals surface area contributed by atoms with Crippen molar-refractivity contribution in [1.29, 1.82) is 0 Å².